The van der Waals surface area contributed by atoms with Crippen LogP contribution < -0.4 is 10.6 Å². The third-order valence-electron chi connectivity index (χ3n) is 5.92. The SMILES string of the molecule is CCCN(C(=O)C(Cc1ccccc1)NC(=O)OC(C)(C)C)C(C(=O)NCC(=O)OC)c1ccc(CC)cc1. The molecule has 0 saturated heterocycles. The molecule has 0 aliphatic heterocycles. The lowest BCUT2D eigenvalue weighted by atomic mass is 9.99. The van der Waals surface area contributed by atoms with Crippen LogP contribution in [-0.2, 0) is 36.7 Å². The Hall–Kier alpha value is -3.88. The summed E-state index contributed by atoms with van der Waals surface area (Å²) in [5, 5.41) is 5.32. The van der Waals surface area contributed by atoms with E-state index in [-0.39, 0.29) is 19.5 Å². The predicted octanol–water partition coefficient (Wildman–Crippen LogP) is 3.95. The number of hydrogen-bond acceptors (Lipinski definition) is 6. The van der Waals surface area contributed by atoms with Gasteiger partial charge in [-0.2, -0.15) is 0 Å². The summed E-state index contributed by atoms with van der Waals surface area (Å²) in [7, 11) is 1.23. The number of amides is 3. The third-order valence-corrected chi connectivity index (χ3v) is 5.92. The first kappa shape index (κ1) is 31.3. The fraction of sp³-hybridized carbons (Fsp3) is 0.467. The minimum atomic E-state index is -1.04. The molecule has 39 heavy (non-hydrogen) atoms. The molecule has 0 fully saturated rings. The highest BCUT2D eigenvalue weighted by atomic mass is 16.6. The van der Waals surface area contributed by atoms with Gasteiger partial charge < -0.3 is 25.0 Å². The van der Waals surface area contributed by atoms with Gasteiger partial charge in [0.2, 0.25) is 11.8 Å². The Kier molecular flexibility index (Phi) is 12.0. The number of benzene rings is 2. The maximum Gasteiger partial charge on any atom is 0.408 e. The molecule has 0 aliphatic carbocycles. The van der Waals surface area contributed by atoms with E-state index in [4.69, 9.17) is 4.74 Å². The van der Waals surface area contributed by atoms with Gasteiger partial charge in [0.15, 0.2) is 0 Å². The summed E-state index contributed by atoms with van der Waals surface area (Å²) in [4.78, 5) is 53.6. The van der Waals surface area contributed by atoms with Crippen molar-refractivity contribution in [3.63, 3.8) is 0 Å². The molecular weight excluding hydrogens is 498 g/mol. The molecule has 9 heteroatoms. The second kappa shape index (κ2) is 14.9. The molecule has 0 heterocycles. The molecule has 9 nitrogen and oxygen atoms in total. The summed E-state index contributed by atoms with van der Waals surface area (Å²) in [6.45, 7) is 9.06. The van der Waals surface area contributed by atoms with E-state index >= 15 is 0 Å². The van der Waals surface area contributed by atoms with Crippen LogP contribution in [0.25, 0.3) is 0 Å². The van der Waals surface area contributed by atoms with Gasteiger partial charge in [-0.15, -0.1) is 0 Å². The predicted molar refractivity (Wildman–Crippen MR) is 149 cm³/mol. The van der Waals surface area contributed by atoms with E-state index < -0.39 is 41.6 Å². The van der Waals surface area contributed by atoms with Gasteiger partial charge in [0.1, 0.15) is 24.2 Å². The molecule has 0 bridgehead atoms. The maximum absolute atomic E-state index is 14.2. The minimum absolute atomic E-state index is 0.199. The molecule has 2 aromatic rings. The van der Waals surface area contributed by atoms with E-state index in [0.717, 1.165) is 17.5 Å². The van der Waals surface area contributed by atoms with Crippen molar-refractivity contribution in [1.29, 1.82) is 0 Å². The average molecular weight is 540 g/mol. The highest BCUT2D eigenvalue weighted by Crippen LogP contribution is 2.24. The van der Waals surface area contributed by atoms with Gasteiger partial charge in [-0.1, -0.05) is 68.4 Å². The van der Waals surface area contributed by atoms with Crippen molar-refractivity contribution in [3.05, 3.63) is 71.3 Å². The molecule has 2 unspecified atom stereocenters. The van der Waals surface area contributed by atoms with Gasteiger partial charge in [-0.3, -0.25) is 14.4 Å². The second-order valence-corrected chi connectivity index (χ2v) is 10.2. The van der Waals surface area contributed by atoms with Crippen molar-refractivity contribution in [2.45, 2.75) is 71.6 Å². The zero-order chi connectivity index (χ0) is 29.0. The van der Waals surface area contributed by atoms with Crippen LogP contribution in [0.2, 0.25) is 0 Å². The second-order valence-electron chi connectivity index (χ2n) is 10.2. The first-order valence-corrected chi connectivity index (χ1v) is 13.3. The fourth-order valence-corrected chi connectivity index (χ4v) is 4.04. The van der Waals surface area contributed by atoms with Crippen LogP contribution in [0.4, 0.5) is 4.79 Å². The largest absolute Gasteiger partial charge is 0.468 e. The highest BCUT2D eigenvalue weighted by Gasteiger charge is 2.36. The van der Waals surface area contributed by atoms with Gasteiger partial charge in [0.05, 0.1) is 7.11 Å². The number of nitrogens with zero attached hydrogens (tertiary/aromatic N) is 1. The van der Waals surface area contributed by atoms with Crippen molar-refractivity contribution in [2.75, 3.05) is 20.2 Å². The van der Waals surface area contributed by atoms with Gasteiger partial charge in [0, 0.05) is 13.0 Å². The lowest BCUT2D eigenvalue weighted by Crippen LogP contribution is -2.54. The Morgan fingerprint density at radius 2 is 1.56 bits per heavy atom. The van der Waals surface area contributed by atoms with E-state index in [1.807, 2.05) is 68.4 Å². The number of aryl methyl sites for hydroxylation is 1. The molecule has 212 valence electrons. The molecule has 0 saturated carbocycles. The average Bonchev–Trinajstić information content (AvgIpc) is 2.90. The molecular formula is C30H41N3O6. The maximum atomic E-state index is 14.2. The lowest BCUT2D eigenvalue weighted by Gasteiger charge is -2.34. The zero-order valence-corrected chi connectivity index (χ0v) is 23.8. The van der Waals surface area contributed by atoms with Gasteiger partial charge >= 0.3 is 12.1 Å². The van der Waals surface area contributed by atoms with Crippen molar-refractivity contribution in [2.24, 2.45) is 0 Å². The standard InChI is InChI=1S/C30H41N3O6/c1-7-18-33(26(27(35)31-20-25(34)38-6)23-16-14-21(8-2)15-17-23)28(36)24(19-22-12-10-9-11-13-22)32-29(37)39-30(3,4)5/h9-17,24,26H,7-8,18-20H2,1-6H3,(H,31,35)(H,32,37). The molecule has 2 atom stereocenters. The van der Waals surface area contributed by atoms with Gasteiger partial charge in [0.25, 0.3) is 0 Å². The summed E-state index contributed by atoms with van der Waals surface area (Å²) in [5.41, 5.74) is 1.74. The summed E-state index contributed by atoms with van der Waals surface area (Å²) in [5.74, 6) is -1.57. The molecule has 2 aromatic carbocycles. The Morgan fingerprint density at radius 1 is 0.923 bits per heavy atom. The number of esters is 1. The van der Waals surface area contributed by atoms with Gasteiger partial charge in [-0.05, 0) is 50.3 Å². The fourth-order valence-electron chi connectivity index (χ4n) is 4.04. The summed E-state index contributed by atoms with van der Waals surface area (Å²) in [6, 6.07) is 14.7. The first-order chi connectivity index (χ1) is 18.5. The summed E-state index contributed by atoms with van der Waals surface area (Å²) >= 11 is 0. The number of hydrogen-bond donors (Lipinski definition) is 2. The molecule has 0 aromatic heterocycles. The first-order valence-electron chi connectivity index (χ1n) is 13.3. The molecule has 2 rings (SSSR count). The van der Waals surface area contributed by atoms with Crippen molar-refractivity contribution >= 4 is 23.9 Å². The molecule has 0 radical (unpaired) electrons. The number of rotatable bonds is 12. The van der Waals surface area contributed by atoms with Crippen LogP contribution >= 0.6 is 0 Å². The van der Waals surface area contributed by atoms with Crippen LogP contribution in [0.1, 0.15) is 63.8 Å². The number of carbonyl (C=O) groups excluding carboxylic acids is 4. The van der Waals surface area contributed by atoms with Crippen LogP contribution in [0.5, 0.6) is 0 Å². The lowest BCUT2D eigenvalue weighted by molar-refractivity contribution is -0.144. The van der Waals surface area contributed by atoms with Crippen molar-refractivity contribution < 1.29 is 28.7 Å². The third kappa shape index (κ3) is 10.1. The van der Waals surface area contributed by atoms with E-state index in [2.05, 4.69) is 15.4 Å². The van der Waals surface area contributed by atoms with Crippen LogP contribution in [0.15, 0.2) is 54.6 Å². The molecule has 0 spiro atoms. The van der Waals surface area contributed by atoms with E-state index in [0.29, 0.717) is 12.0 Å². The van der Waals surface area contributed by atoms with Crippen LogP contribution in [0, 0.1) is 0 Å². The Morgan fingerprint density at radius 3 is 2.10 bits per heavy atom. The number of carbonyl (C=O) groups is 4. The van der Waals surface area contributed by atoms with Crippen molar-refractivity contribution in [3.8, 4) is 0 Å². The monoisotopic (exact) mass is 539 g/mol. The molecule has 2 N–H and O–H groups in total. The summed E-state index contributed by atoms with van der Waals surface area (Å²) < 4.78 is 10.1. The minimum Gasteiger partial charge on any atom is -0.468 e. The smallest absolute Gasteiger partial charge is 0.408 e. The van der Waals surface area contributed by atoms with Crippen LogP contribution in [0.3, 0.4) is 0 Å². The zero-order valence-electron chi connectivity index (χ0n) is 23.8. The Labute approximate surface area is 231 Å². The topological polar surface area (TPSA) is 114 Å². The highest BCUT2D eigenvalue weighted by molar-refractivity contribution is 5.93. The Balaban J connectivity index is 2.50. The quantitative estimate of drug-likeness (QED) is 0.395. The van der Waals surface area contributed by atoms with Gasteiger partial charge in [-0.25, -0.2) is 4.79 Å². The van der Waals surface area contributed by atoms with E-state index in [1.54, 1.807) is 20.8 Å². The number of nitrogens with one attached hydrogen (secondary N) is 2. The number of alkyl carbamates (subject to hydrolysis) is 1. The van der Waals surface area contributed by atoms with Crippen molar-refractivity contribution in [1.82, 2.24) is 15.5 Å². The van der Waals surface area contributed by atoms with E-state index in [9.17, 15) is 19.2 Å². The van der Waals surface area contributed by atoms with Crippen LogP contribution in [-0.4, -0.2) is 60.6 Å². The number of ether oxygens (including phenoxy) is 2. The Bertz CT molecular complexity index is 1100. The summed E-state index contributed by atoms with van der Waals surface area (Å²) in [6.07, 6.45) is 0.844. The molecule has 0 aliphatic rings. The normalized spacial score (nSPS) is 12.6. The number of methoxy groups -OCH3 is 1. The molecule has 3 amide bonds. The van der Waals surface area contributed by atoms with E-state index in [1.165, 1.54) is 12.0 Å².